The summed E-state index contributed by atoms with van der Waals surface area (Å²) in [7, 11) is -1.72. The average molecular weight is 187 g/mol. The van der Waals surface area contributed by atoms with Crippen molar-refractivity contribution in [1.82, 2.24) is 0 Å². The van der Waals surface area contributed by atoms with Gasteiger partial charge in [0.15, 0.2) is 0 Å². The van der Waals surface area contributed by atoms with Gasteiger partial charge in [-0.3, -0.25) is 0 Å². The minimum absolute atomic E-state index is 0.352. The minimum atomic E-state index is -1.72. The van der Waals surface area contributed by atoms with Gasteiger partial charge < -0.3 is 9.53 Å². The molecule has 0 aliphatic carbocycles. The van der Waals surface area contributed by atoms with Crippen molar-refractivity contribution in [2.75, 3.05) is 6.61 Å². The molecule has 0 aromatic carbocycles. The van der Waals surface area contributed by atoms with Crippen LogP contribution in [0.3, 0.4) is 0 Å². The molecule has 0 aromatic heterocycles. The molecule has 0 amide bonds. The molecule has 1 unspecified atom stereocenters. The Kier molecular flexibility index (Phi) is 5.66. The quantitative estimate of drug-likeness (QED) is 0.282. The standard InChI is InChI=1S/C8H15O3Si/c1-7(2)8(9)11-5-4-6-12(3)10/h12H,1,4-6H2,2-3H3. The zero-order valence-corrected chi connectivity index (χ0v) is 8.79. The van der Waals surface area contributed by atoms with Crippen molar-refractivity contribution < 1.29 is 14.3 Å². The summed E-state index contributed by atoms with van der Waals surface area (Å²) in [5.74, 6) is -0.366. The molecule has 0 saturated carbocycles. The van der Waals surface area contributed by atoms with Crippen LogP contribution in [0.1, 0.15) is 13.3 Å². The first-order chi connectivity index (χ1) is 5.54. The fraction of sp³-hybridized carbons (Fsp3) is 0.625. The fourth-order valence-electron chi connectivity index (χ4n) is 0.659. The van der Waals surface area contributed by atoms with E-state index in [4.69, 9.17) is 4.74 Å². The maximum atomic E-state index is 10.8. The minimum Gasteiger partial charge on any atom is -0.462 e. The third-order valence-electron chi connectivity index (χ3n) is 1.34. The lowest BCUT2D eigenvalue weighted by Gasteiger charge is -2.03. The summed E-state index contributed by atoms with van der Waals surface area (Å²) in [6, 6.07) is 0.684. The van der Waals surface area contributed by atoms with Crippen LogP contribution >= 0.6 is 0 Å². The number of hydrogen-bond donors (Lipinski definition) is 0. The van der Waals surface area contributed by atoms with Gasteiger partial charge in [0.25, 0.3) is 0 Å². The molecular formula is C8H15O3Si. The van der Waals surface area contributed by atoms with Gasteiger partial charge in [-0.2, -0.15) is 0 Å². The zero-order valence-electron chi connectivity index (χ0n) is 7.63. The van der Waals surface area contributed by atoms with E-state index in [9.17, 15) is 9.59 Å². The van der Waals surface area contributed by atoms with E-state index in [-0.39, 0.29) is 5.97 Å². The van der Waals surface area contributed by atoms with E-state index in [1.54, 1.807) is 13.5 Å². The van der Waals surface area contributed by atoms with E-state index in [0.717, 1.165) is 0 Å². The van der Waals surface area contributed by atoms with Crippen LogP contribution < -0.4 is 0 Å². The zero-order chi connectivity index (χ0) is 9.56. The highest BCUT2D eigenvalue weighted by atomic mass is 28.3. The molecular weight excluding hydrogens is 172 g/mol. The number of rotatable bonds is 5. The summed E-state index contributed by atoms with van der Waals surface area (Å²) in [6.45, 7) is 7.13. The van der Waals surface area contributed by atoms with E-state index >= 15 is 0 Å². The molecule has 3 nitrogen and oxygen atoms in total. The van der Waals surface area contributed by atoms with Gasteiger partial charge >= 0.3 is 5.97 Å². The fourth-order valence-corrected chi connectivity index (χ4v) is 1.40. The Hall–Kier alpha value is -0.613. The molecule has 4 heteroatoms. The molecule has 0 rings (SSSR count). The predicted molar refractivity (Wildman–Crippen MR) is 48.9 cm³/mol. The van der Waals surface area contributed by atoms with Gasteiger partial charge in [0.2, 0.25) is 9.04 Å². The normalized spacial score (nSPS) is 12.2. The van der Waals surface area contributed by atoms with Crippen LogP contribution in [0.15, 0.2) is 12.2 Å². The van der Waals surface area contributed by atoms with Crippen molar-refractivity contribution in [2.24, 2.45) is 0 Å². The highest BCUT2D eigenvalue weighted by molar-refractivity contribution is 6.48. The van der Waals surface area contributed by atoms with Crippen molar-refractivity contribution in [3.8, 4) is 0 Å². The molecule has 0 heterocycles. The van der Waals surface area contributed by atoms with Crippen molar-refractivity contribution in [3.63, 3.8) is 0 Å². The average Bonchev–Trinajstić information content (AvgIpc) is 1.97. The molecule has 0 saturated heterocycles. The van der Waals surface area contributed by atoms with Crippen LogP contribution in [0.4, 0.5) is 0 Å². The van der Waals surface area contributed by atoms with Gasteiger partial charge in [-0.25, -0.2) is 4.79 Å². The monoisotopic (exact) mass is 187 g/mol. The van der Waals surface area contributed by atoms with E-state index in [2.05, 4.69) is 6.58 Å². The lowest BCUT2D eigenvalue weighted by molar-refractivity contribution is -0.138. The van der Waals surface area contributed by atoms with Gasteiger partial charge in [-0.1, -0.05) is 6.58 Å². The van der Waals surface area contributed by atoms with Crippen molar-refractivity contribution in [3.05, 3.63) is 12.2 Å². The second-order valence-corrected chi connectivity index (χ2v) is 5.07. The smallest absolute Gasteiger partial charge is 0.333 e. The van der Waals surface area contributed by atoms with E-state index < -0.39 is 9.04 Å². The Bertz CT molecular complexity index is 166. The van der Waals surface area contributed by atoms with Crippen molar-refractivity contribution >= 4 is 15.0 Å². The lowest BCUT2D eigenvalue weighted by atomic mass is 10.4. The summed E-state index contributed by atoms with van der Waals surface area (Å²) < 4.78 is 4.80. The van der Waals surface area contributed by atoms with E-state index in [1.807, 2.05) is 0 Å². The number of carbonyl (C=O) groups excluding carboxylic acids is 1. The molecule has 0 aromatic rings. The third kappa shape index (κ3) is 6.12. The van der Waals surface area contributed by atoms with E-state index in [1.165, 1.54) is 0 Å². The summed E-state index contributed by atoms with van der Waals surface area (Å²) >= 11 is 0. The summed E-state index contributed by atoms with van der Waals surface area (Å²) in [5.41, 5.74) is 0.405. The molecule has 0 aliphatic rings. The molecule has 0 fully saturated rings. The Labute approximate surface area is 74.8 Å². The van der Waals surface area contributed by atoms with Crippen LogP contribution in [-0.2, 0) is 14.3 Å². The molecule has 0 N–H and O–H groups in total. The first-order valence-electron chi connectivity index (χ1n) is 4.02. The predicted octanol–water partition coefficient (Wildman–Crippen LogP) is 1.28. The Morgan fingerprint density at radius 2 is 2.17 bits per heavy atom. The van der Waals surface area contributed by atoms with Gasteiger partial charge in [0.1, 0.15) is 0 Å². The Morgan fingerprint density at radius 1 is 1.58 bits per heavy atom. The highest BCUT2D eigenvalue weighted by Gasteiger charge is 2.04. The van der Waals surface area contributed by atoms with E-state index in [0.29, 0.717) is 24.6 Å². The first-order valence-corrected chi connectivity index (χ1v) is 6.46. The number of ether oxygens (including phenoxy) is 1. The summed E-state index contributed by atoms with van der Waals surface area (Å²) in [6.07, 6.45) is 0.690. The van der Waals surface area contributed by atoms with Crippen molar-refractivity contribution in [2.45, 2.75) is 25.9 Å². The number of esters is 1. The SMILES string of the molecule is C=C(C)C(=O)OCCC[SiH](C)[O]. The molecule has 1 atom stereocenters. The number of hydrogen-bond acceptors (Lipinski definition) is 2. The molecule has 0 spiro atoms. The second-order valence-electron chi connectivity index (χ2n) is 2.87. The third-order valence-corrected chi connectivity index (χ3v) is 2.56. The first kappa shape index (κ1) is 11.4. The van der Waals surface area contributed by atoms with Gasteiger partial charge in [0.05, 0.1) is 6.61 Å². The molecule has 0 aliphatic heterocycles. The van der Waals surface area contributed by atoms with Crippen LogP contribution in [0.2, 0.25) is 12.6 Å². The van der Waals surface area contributed by atoms with Crippen LogP contribution in [-0.4, -0.2) is 21.6 Å². The molecule has 12 heavy (non-hydrogen) atoms. The number of carbonyl (C=O) groups is 1. The van der Waals surface area contributed by atoms with Crippen LogP contribution in [0.5, 0.6) is 0 Å². The van der Waals surface area contributed by atoms with Gasteiger partial charge in [0, 0.05) is 5.57 Å². The lowest BCUT2D eigenvalue weighted by Crippen LogP contribution is -2.09. The van der Waals surface area contributed by atoms with Gasteiger partial charge in [-0.15, -0.1) is 0 Å². The molecule has 69 valence electrons. The second kappa shape index (κ2) is 5.96. The maximum absolute atomic E-state index is 10.8. The van der Waals surface area contributed by atoms with Crippen LogP contribution in [0, 0.1) is 0 Å². The Morgan fingerprint density at radius 3 is 2.58 bits per heavy atom. The Balaban J connectivity index is 3.32. The topological polar surface area (TPSA) is 46.2 Å². The molecule has 0 bridgehead atoms. The van der Waals surface area contributed by atoms with Crippen LogP contribution in [0.25, 0.3) is 0 Å². The van der Waals surface area contributed by atoms with Gasteiger partial charge in [-0.05, 0) is 25.9 Å². The summed E-state index contributed by atoms with van der Waals surface area (Å²) in [5, 5.41) is 0. The maximum Gasteiger partial charge on any atom is 0.333 e. The van der Waals surface area contributed by atoms with Crippen molar-refractivity contribution in [1.29, 1.82) is 0 Å². The summed E-state index contributed by atoms with van der Waals surface area (Å²) in [4.78, 5) is 21.5. The molecule has 1 radical (unpaired) electrons. The highest BCUT2D eigenvalue weighted by Crippen LogP contribution is 1.98. The largest absolute Gasteiger partial charge is 0.462 e.